The molecule has 0 aromatic heterocycles. The van der Waals surface area contributed by atoms with Gasteiger partial charge in [0, 0.05) is 4.90 Å². The largest absolute Gasteiger partial charge is 0.466 e. The summed E-state index contributed by atoms with van der Waals surface area (Å²) >= 11 is 1.24. The Morgan fingerprint density at radius 3 is 2.29 bits per heavy atom. The standard InChI is InChI=1S/C24H21NO4S2/c1-17-12-14-19(15-13-17)31(27,28)25-22(16-23(26)29-2)30-21-11-7-6-10-20(21)24(25)18-8-4-3-5-9-18/h3-16,24H,1-2H3/b22-16-/t24-/m1/s1. The highest BCUT2D eigenvalue weighted by Gasteiger charge is 2.40. The number of carbonyl (C=O) groups excluding carboxylic acids is 1. The van der Waals surface area contributed by atoms with Gasteiger partial charge in [-0.3, -0.25) is 0 Å². The summed E-state index contributed by atoms with van der Waals surface area (Å²) in [6.07, 6.45) is 1.24. The molecule has 0 spiro atoms. The van der Waals surface area contributed by atoms with Crippen LogP contribution in [0.4, 0.5) is 0 Å². The molecule has 0 saturated carbocycles. The van der Waals surface area contributed by atoms with Crippen LogP contribution in [0, 0.1) is 6.92 Å². The Bertz CT molecular complexity index is 1240. The van der Waals surface area contributed by atoms with E-state index in [1.807, 2.05) is 61.5 Å². The van der Waals surface area contributed by atoms with Crippen LogP contribution in [0.1, 0.15) is 22.7 Å². The maximum absolute atomic E-state index is 13.9. The number of hydrogen-bond donors (Lipinski definition) is 0. The first-order valence-corrected chi connectivity index (χ1v) is 11.9. The van der Waals surface area contributed by atoms with Crippen molar-refractivity contribution in [3.05, 3.63) is 107 Å². The third-order valence-corrected chi connectivity index (χ3v) is 8.04. The molecule has 4 rings (SSSR count). The Balaban J connectivity index is 1.99. The molecule has 31 heavy (non-hydrogen) atoms. The van der Waals surface area contributed by atoms with E-state index >= 15 is 0 Å². The van der Waals surface area contributed by atoms with E-state index in [1.165, 1.54) is 29.3 Å². The van der Waals surface area contributed by atoms with Gasteiger partial charge in [0.25, 0.3) is 10.0 Å². The molecule has 0 unspecified atom stereocenters. The van der Waals surface area contributed by atoms with Crippen molar-refractivity contribution in [1.82, 2.24) is 4.31 Å². The first-order valence-electron chi connectivity index (χ1n) is 9.64. The van der Waals surface area contributed by atoms with Gasteiger partial charge in [0.1, 0.15) is 0 Å². The molecule has 0 radical (unpaired) electrons. The van der Waals surface area contributed by atoms with Crippen molar-refractivity contribution < 1.29 is 17.9 Å². The molecule has 1 atom stereocenters. The van der Waals surface area contributed by atoms with Gasteiger partial charge in [-0.15, -0.1) is 0 Å². The summed E-state index contributed by atoms with van der Waals surface area (Å²) in [6, 6.07) is 23.1. The maximum atomic E-state index is 13.9. The molecule has 0 N–H and O–H groups in total. The Hall–Kier alpha value is -3.03. The molecule has 1 aliphatic heterocycles. The number of benzene rings is 3. The molecule has 7 heteroatoms. The quantitative estimate of drug-likeness (QED) is 0.417. The number of fused-ring (bicyclic) bond motifs is 1. The van der Waals surface area contributed by atoms with Crippen molar-refractivity contribution in [1.29, 1.82) is 0 Å². The molecular formula is C24H21NO4S2. The molecule has 0 bridgehead atoms. The molecule has 1 aliphatic rings. The second-order valence-corrected chi connectivity index (χ2v) is 9.95. The monoisotopic (exact) mass is 451 g/mol. The second kappa shape index (κ2) is 8.61. The van der Waals surface area contributed by atoms with Crippen LogP contribution in [-0.4, -0.2) is 25.8 Å². The minimum absolute atomic E-state index is 0.162. The molecule has 0 aliphatic carbocycles. The zero-order valence-corrected chi connectivity index (χ0v) is 18.7. The van der Waals surface area contributed by atoms with Crippen molar-refractivity contribution in [2.24, 2.45) is 0 Å². The lowest BCUT2D eigenvalue weighted by Gasteiger charge is -2.39. The Morgan fingerprint density at radius 2 is 1.61 bits per heavy atom. The van der Waals surface area contributed by atoms with Crippen LogP contribution in [0.3, 0.4) is 0 Å². The van der Waals surface area contributed by atoms with Crippen molar-refractivity contribution in [2.45, 2.75) is 22.8 Å². The highest BCUT2D eigenvalue weighted by atomic mass is 32.2. The van der Waals surface area contributed by atoms with Crippen molar-refractivity contribution in [3.63, 3.8) is 0 Å². The Morgan fingerprint density at radius 1 is 0.968 bits per heavy atom. The van der Waals surface area contributed by atoms with Crippen LogP contribution in [-0.2, 0) is 19.6 Å². The van der Waals surface area contributed by atoms with Crippen LogP contribution in [0.2, 0.25) is 0 Å². The van der Waals surface area contributed by atoms with E-state index in [0.717, 1.165) is 21.6 Å². The predicted molar refractivity (Wildman–Crippen MR) is 121 cm³/mol. The molecule has 0 saturated heterocycles. The fourth-order valence-corrected chi connectivity index (χ4v) is 6.43. The van der Waals surface area contributed by atoms with Gasteiger partial charge in [-0.25, -0.2) is 17.5 Å². The van der Waals surface area contributed by atoms with Gasteiger partial charge in [0.2, 0.25) is 0 Å². The molecule has 3 aromatic carbocycles. The minimum Gasteiger partial charge on any atom is -0.466 e. The van der Waals surface area contributed by atoms with Crippen LogP contribution in [0.5, 0.6) is 0 Å². The summed E-state index contributed by atoms with van der Waals surface area (Å²) in [5, 5.41) is 0.292. The summed E-state index contributed by atoms with van der Waals surface area (Å²) in [4.78, 5) is 13.2. The average molecular weight is 452 g/mol. The van der Waals surface area contributed by atoms with E-state index in [4.69, 9.17) is 4.74 Å². The number of esters is 1. The summed E-state index contributed by atoms with van der Waals surface area (Å²) in [7, 11) is -2.71. The number of rotatable bonds is 4. The highest BCUT2D eigenvalue weighted by Crippen LogP contribution is 2.49. The maximum Gasteiger partial charge on any atom is 0.333 e. The number of carbonyl (C=O) groups is 1. The van der Waals surface area contributed by atoms with Crippen LogP contribution < -0.4 is 0 Å². The summed E-state index contributed by atoms with van der Waals surface area (Å²) in [6.45, 7) is 1.90. The van der Waals surface area contributed by atoms with E-state index in [-0.39, 0.29) is 4.90 Å². The lowest BCUT2D eigenvalue weighted by Crippen LogP contribution is -2.37. The van der Waals surface area contributed by atoms with Gasteiger partial charge < -0.3 is 4.74 Å². The molecule has 0 fully saturated rings. The van der Waals surface area contributed by atoms with Crippen molar-refractivity contribution in [3.8, 4) is 0 Å². The van der Waals surface area contributed by atoms with Crippen LogP contribution >= 0.6 is 11.8 Å². The number of aryl methyl sites for hydroxylation is 1. The second-order valence-electron chi connectivity index (χ2n) is 7.07. The fourth-order valence-electron chi connectivity index (χ4n) is 3.49. The third-order valence-electron chi connectivity index (χ3n) is 5.02. The molecular weight excluding hydrogens is 430 g/mol. The normalized spacial score (nSPS) is 17.3. The Labute approximate surface area is 186 Å². The number of methoxy groups -OCH3 is 1. The van der Waals surface area contributed by atoms with Crippen molar-refractivity contribution in [2.75, 3.05) is 7.11 Å². The summed E-state index contributed by atoms with van der Waals surface area (Å²) < 4.78 is 33.9. The topological polar surface area (TPSA) is 63.7 Å². The molecule has 0 amide bonds. The smallest absolute Gasteiger partial charge is 0.333 e. The molecule has 5 nitrogen and oxygen atoms in total. The van der Waals surface area contributed by atoms with Gasteiger partial charge in [-0.2, -0.15) is 0 Å². The number of hydrogen-bond acceptors (Lipinski definition) is 5. The van der Waals surface area contributed by atoms with Gasteiger partial charge in [-0.05, 0) is 36.2 Å². The summed E-state index contributed by atoms with van der Waals surface area (Å²) in [5.41, 5.74) is 2.63. The van der Waals surface area contributed by atoms with E-state index in [2.05, 4.69) is 0 Å². The lowest BCUT2D eigenvalue weighted by atomic mass is 9.98. The van der Waals surface area contributed by atoms with Gasteiger partial charge in [0.05, 0.1) is 29.2 Å². The first-order chi connectivity index (χ1) is 14.9. The average Bonchev–Trinajstić information content (AvgIpc) is 2.78. The summed E-state index contributed by atoms with van der Waals surface area (Å²) in [5.74, 6) is -0.613. The van der Waals surface area contributed by atoms with Crippen LogP contribution in [0.15, 0.2) is 99.8 Å². The third kappa shape index (κ3) is 4.11. The van der Waals surface area contributed by atoms with E-state index in [0.29, 0.717) is 5.03 Å². The molecule has 1 heterocycles. The number of sulfonamides is 1. The highest BCUT2D eigenvalue weighted by molar-refractivity contribution is 8.04. The fraction of sp³-hybridized carbons (Fsp3) is 0.125. The van der Waals surface area contributed by atoms with Crippen molar-refractivity contribution >= 4 is 27.8 Å². The number of ether oxygens (including phenoxy) is 1. The number of nitrogens with zero attached hydrogens (tertiary/aromatic N) is 1. The van der Waals surface area contributed by atoms with E-state index in [9.17, 15) is 13.2 Å². The molecule has 3 aromatic rings. The van der Waals surface area contributed by atoms with Gasteiger partial charge >= 0.3 is 5.97 Å². The molecule has 158 valence electrons. The van der Waals surface area contributed by atoms with Gasteiger partial charge in [-0.1, -0.05) is 78.0 Å². The lowest BCUT2D eigenvalue weighted by molar-refractivity contribution is -0.134. The SMILES string of the molecule is COC(=O)/C=C1\Sc2ccccc2[C@@H](c2ccccc2)N1S(=O)(=O)c1ccc(C)cc1. The zero-order chi connectivity index (χ0) is 22.0. The Kier molecular flexibility index (Phi) is 5.89. The predicted octanol–water partition coefficient (Wildman–Crippen LogP) is 4.90. The van der Waals surface area contributed by atoms with E-state index in [1.54, 1.807) is 24.3 Å². The van der Waals surface area contributed by atoms with Gasteiger partial charge in [0.15, 0.2) is 0 Å². The first kappa shape index (κ1) is 21.2. The zero-order valence-electron chi connectivity index (χ0n) is 17.1. The van der Waals surface area contributed by atoms with Crippen LogP contribution in [0.25, 0.3) is 0 Å². The number of thioether (sulfide) groups is 1. The van der Waals surface area contributed by atoms with E-state index < -0.39 is 22.0 Å². The minimum atomic E-state index is -3.99.